The van der Waals surface area contributed by atoms with Crippen LogP contribution < -0.4 is 0 Å². The molecule has 2 N–H and O–H groups in total. The van der Waals surface area contributed by atoms with Crippen LogP contribution in [0.3, 0.4) is 0 Å². The fraction of sp³-hybridized carbons (Fsp3) is 0.500. The van der Waals surface area contributed by atoms with Crippen LogP contribution in [0.5, 0.6) is 0 Å². The Morgan fingerprint density at radius 3 is 3.09 bits per heavy atom. The summed E-state index contributed by atoms with van der Waals surface area (Å²) in [7, 11) is 0. The average molecular weight is 313 g/mol. The Labute approximate surface area is 132 Å². The minimum absolute atomic E-state index is 0.221. The average Bonchev–Trinajstić information content (AvgIpc) is 3.22. The summed E-state index contributed by atoms with van der Waals surface area (Å²) >= 11 is 0. The first kappa shape index (κ1) is 14.2. The predicted molar refractivity (Wildman–Crippen MR) is 84.1 cm³/mol. The number of nitrogens with zero attached hydrogens (tertiary/aromatic N) is 4. The van der Waals surface area contributed by atoms with Crippen molar-refractivity contribution in [3.63, 3.8) is 0 Å². The highest BCUT2D eigenvalue weighted by atomic mass is 16.4. The van der Waals surface area contributed by atoms with Gasteiger partial charge in [0.2, 0.25) is 0 Å². The summed E-state index contributed by atoms with van der Waals surface area (Å²) in [4.78, 5) is 18.5. The molecule has 1 fully saturated rings. The molecule has 3 heterocycles. The van der Waals surface area contributed by atoms with Gasteiger partial charge in [0.1, 0.15) is 5.82 Å². The molecule has 0 bridgehead atoms. The van der Waals surface area contributed by atoms with Crippen LogP contribution in [0.1, 0.15) is 44.3 Å². The summed E-state index contributed by atoms with van der Waals surface area (Å²) in [6.07, 6.45) is 6.66. The number of aliphatic carboxylic acids is 1. The van der Waals surface area contributed by atoms with Crippen molar-refractivity contribution >= 4 is 22.8 Å². The quantitative estimate of drug-likeness (QED) is 0.771. The van der Waals surface area contributed by atoms with Gasteiger partial charge in [-0.3, -0.25) is 9.20 Å². The lowest BCUT2D eigenvalue weighted by Crippen LogP contribution is -2.09. The second-order valence-electron chi connectivity index (χ2n) is 6.43. The first-order chi connectivity index (χ1) is 11.2. The van der Waals surface area contributed by atoms with Gasteiger partial charge in [-0.25, -0.2) is 4.98 Å². The number of hydrogen-bond acceptors (Lipinski definition) is 4. The highest BCUT2D eigenvalue weighted by Crippen LogP contribution is 2.45. The number of rotatable bonds is 4. The lowest BCUT2D eigenvalue weighted by atomic mass is 9.93. The summed E-state index contributed by atoms with van der Waals surface area (Å²) in [5.41, 5.74) is 2.52. The van der Waals surface area contributed by atoms with E-state index in [4.69, 9.17) is 5.11 Å². The van der Waals surface area contributed by atoms with Gasteiger partial charge in [-0.1, -0.05) is 13.3 Å². The van der Waals surface area contributed by atoms with E-state index in [1.807, 2.05) is 12.3 Å². The van der Waals surface area contributed by atoms with Gasteiger partial charge in [-0.05, 0) is 30.7 Å². The maximum absolute atomic E-state index is 11.1. The van der Waals surface area contributed by atoms with Crippen molar-refractivity contribution in [2.45, 2.75) is 38.5 Å². The molecule has 0 unspecified atom stereocenters. The molecule has 120 valence electrons. The Bertz CT molecular complexity index is 868. The second kappa shape index (κ2) is 5.33. The maximum Gasteiger partial charge on any atom is 0.303 e. The van der Waals surface area contributed by atoms with Crippen LogP contribution in [0.15, 0.2) is 18.5 Å². The third-order valence-corrected chi connectivity index (χ3v) is 5.08. The van der Waals surface area contributed by atoms with Crippen molar-refractivity contribution < 1.29 is 9.90 Å². The molecular formula is C16H19N5O2. The van der Waals surface area contributed by atoms with E-state index in [2.05, 4.69) is 31.5 Å². The van der Waals surface area contributed by atoms with Crippen molar-refractivity contribution in [3.05, 3.63) is 24.3 Å². The molecule has 7 heteroatoms. The molecule has 1 saturated carbocycles. The minimum atomic E-state index is -0.714. The Balaban J connectivity index is 1.78. The largest absolute Gasteiger partial charge is 0.481 e. The zero-order chi connectivity index (χ0) is 16.0. The van der Waals surface area contributed by atoms with E-state index in [9.17, 15) is 4.79 Å². The smallest absolute Gasteiger partial charge is 0.303 e. The van der Waals surface area contributed by atoms with E-state index in [0.717, 1.165) is 41.9 Å². The molecule has 23 heavy (non-hydrogen) atoms. The number of H-pyrrole nitrogens is 1. The molecule has 0 amide bonds. The highest BCUT2D eigenvalue weighted by molar-refractivity contribution is 5.74. The van der Waals surface area contributed by atoms with Gasteiger partial charge in [0.25, 0.3) is 0 Å². The van der Waals surface area contributed by atoms with Gasteiger partial charge in [-0.15, -0.1) is 10.2 Å². The van der Waals surface area contributed by atoms with Gasteiger partial charge in [0.05, 0.1) is 11.7 Å². The van der Waals surface area contributed by atoms with Gasteiger partial charge < -0.3 is 10.1 Å². The number of carbonyl (C=O) groups is 1. The Morgan fingerprint density at radius 2 is 2.30 bits per heavy atom. The molecule has 0 saturated heterocycles. The zero-order valence-electron chi connectivity index (χ0n) is 12.9. The van der Waals surface area contributed by atoms with Crippen molar-refractivity contribution in [3.8, 4) is 0 Å². The van der Waals surface area contributed by atoms with Crippen molar-refractivity contribution in [1.29, 1.82) is 0 Å². The fourth-order valence-electron chi connectivity index (χ4n) is 4.06. The third kappa shape index (κ3) is 2.27. The van der Waals surface area contributed by atoms with E-state index in [0.29, 0.717) is 5.92 Å². The SMILES string of the molecule is CC[C@@H]1C[C@@H](CC(=O)O)C[C@@H]1c1nnc2cnc3[nH]ccc3n12. The number of hydrogen-bond donors (Lipinski definition) is 2. The molecular weight excluding hydrogens is 294 g/mol. The van der Waals surface area contributed by atoms with Gasteiger partial charge in [0, 0.05) is 18.5 Å². The number of fused-ring (bicyclic) bond motifs is 3. The van der Waals surface area contributed by atoms with Crippen LogP contribution >= 0.6 is 0 Å². The van der Waals surface area contributed by atoms with E-state index >= 15 is 0 Å². The first-order valence-electron chi connectivity index (χ1n) is 8.06. The van der Waals surface area contributed by atoms with Crippen LogP contribution in [0.2, 0.25) is 0 Å². The highest BCUT2D eigenvalue weighted by Gasteiger charge is 2.37. The van der Waals surface area contributed by atoms with E-state index in [1.54, 1.807) is 6.20 Å². The van der Waals surface area contributed by atoms with E-state index in [1.165, 1.54) is 0 Å². The predicted octanol–water partition coefficient (Wildman–Crippen LogP) is 2.60. The summed E-state index contributed by atoms with van der Waals surface area (Å²) in [6, 6.07) is 1.98. The molecule has 3 atom stereocenters. The Hall–Kier alpha value is -2.44. The molecule has 0 aliphatic heterocycles. The van der Waals surface area contributed by atoms with Crippen LogP contribution in [0.25, 0.3) is 16.8 Å². The lowest BCUT2D eigenvalue weighted by molar-refractivity contribution is -0.138. The molecule has 0 spiro atoms. The van der Waals surface area contributed by atoms with E-state index in [-0.39, 0.29) is 18.3 Å². The normalized spacial score (nSPS) is 24.7. The molecule has 1 aliphatic rings. The van der Waals surface area contributed by atoms with Crippen LogP contribution in [-0.4, -0.2) is 35.6 Å². The molecule has 3 aromatic rings. The third-order valence-electron chi connectivity index (χ3n) is 5.08. The number of carboxylic acid groups (broad SMARTS) is 1. The Morgan fingerprint density at radius 1 is 1.43 bits per heavy atom. The first-order valence-corrected chi connectivity index (χ1v) is 8.06. The number of carboxylic acids is 1. The van der Waals surface area contributed by atoms with Crippen LogP contribution in [0, 0.1) is 11.8 Å². The standard InChI is InChI=1S/C16H19N5O2/c1-2-10-5-9(7-14(22)23)6-11(10)16-20-19-13-8-18-15-12(21(13)16)3-4-17-15/h3-4,8-11,17H,2,5-7H2,1H3,(H,22,23)/t9-,10-,11+/m1/s1. The summed E-state index contributed by atoms with van der Waals surface area (Å²) in [6.45, 7) is 2.16. The summed E-state index contributed by atoms with van der Waals surface area (Å²) in [5.74, 6) is 1.15. The number of aromatic amines is 1. The van der Waals surface area contributed by atoms with Crippen molar-refractivity contribution in [2.75, 3.05) is 0 Å². The fourth-order valence-corrected chi connectivity index (χ4v) is 4.06. The van der Waals surface area contributed by atoms with Crippen LogP contribution in [0.4, 0.5) is 0 Å². The molecule has 0 aromatic carbocycles. The van der Waals surface area contributed by atoms with Gasteiger partial charge in [-0.2, -0.15) is 0 Å². The number of nitrogens with one attached hydrogen (secondary N) is 1. The molecule has 7 nitrogen and oxygen atoms in total. The van der Waals surface area contributed by atoms with Crippen molar-refractivity contribution in [1.82, 2.24) is 24.6 Å². The maximum atomic E-state index is 11.1. The summed E-state index contributed by atoms with van der Waals surface area (Å²) < 4.78 is 2.06. The monoisotopic (exact) mass is 313 g/mol. The topological polar surface area (TPSA) is 96.2 Å². The van der Waals surface area contributed by atoms with Crippen molar-refractivity contribution in [2.24, 2.45) is 11.8 Å². The van der Waals surface area contributed by atoms with E-state index < -0.39 is 5.97 Å². The van der Waals surface area contributed by atoms with Gasteiger partial charge >= 0.3 is 5.97 Å². The van der Waals surface area contributed by atoms with Crippen LogP contribution in [-0.2, 0) is 4.79 Å². The molecule has 3 aromatic heterocycles. The zero-order valence-corrected chi connectivity index (χ0v) is 12.9. The second-order valence-corrected chi connectivity index (χ2v) is 6.43. The molecule has 0 radical (unpaired) electrons. The lowest BCUT2D eigenvalue weighted by Gasteiger charge is -2.16. The minimum Gasteiger partial charge on any atom is -0.481 e. The van der Waals surface area contributed by atoms with Gasteiger partial charge in [0.15, 0.2) is 11.3 Å². The molecule has 1 aliphatic carbocycles. The Kier molecular flexibility index (Phi) is 3.28. The molecule has 4 rings (SSSR count). The summed E-state index contributed by atoms with van der Waals surface area (Å²) in [5, 5.41) is 17.8. The number of aromatic nitrogens is 5.